The van der Waals surface area contributed by atoms with E-state index in [2.05, 4.69) is 36.6 Å². The summed E-state index contributed by atoms with van der Waals surface area (Å²) in [7, 11) is 0. The topological polar surface area (TPSA) is 84.2 Å². The van der Waals surface area contributed by atoms with Crippen LogP contribution in [0.1, 0.15) is 46.6 Å². The minimum Gasteiger partial charge on any atom is -0.352 e. The van der Waals surface area contributed by atoms with Gasteiger partial charge in [0.1, 0.15) is 0 Å². The van der Waals surface area contributed by atoms with Gasteiger partial charge in [-0.1, -0.05) is 58.0 Å². The summed E-state index contributed by atoms with van der Waals surface area (Å²) in [6, 6.07) is 9.65. The van der Waals surface area contributed by atoms with Gasteiger partial charge < -0.3 is 16.4 Å². The Bertz CT molecular complexity index is 547. The molecule has 142 valence electrons. The zero-order valence-electron chi connectivity index (χ0n) is 15.8. The molecule has 0 aliphatic carbocycles. The molecular formula is C19H32ClN3O2. The van der Waals surface area contributed by atoms with Crippen molar-refractivity contribution < 1.29 is 9.59 Å². The van der Waals surface area contributed by atoms with Crippen molar-refractivity contribution >= 4 is 24.2 Å². The largest absolute Gasteiger partial charge is 0.352 e. The van der Waals surface area contributed by atoms with Crippen molar-refractivity contribution in [2.75, 3.05) is 6.54 Å². The standard InChI is InChI=1S/C19H31N3O2.ClH/c1-13(2)17(20)18(24)21-12-16(23)22-14(3)11-19(4,5)15-9-7-6-8-10-15;/h6-10,13-14,17H,11-12,20H2,1-5H3,(H,21,24)(H,22,23);1H/t14?,17-;/m0./s1. The molecule has 0 fully saturated rings. The van der Waals surface area contributed by atoms with Gasteiger partial charge in [0.05, 0.1) is 12.6 Å². The number of carbonyl (C=O) groups excluding carboxylic acids is 2. The lowest BCUT2D eigenvalue weighted by molar-refractivity contribution is -0.127. The summed E-state index contributed by atoms with van der Waals surface area (Å²) in [5.74, 6) is -0.452. The van der Waals surface area contributed by atoms with Crippen LogP contribution in [0.25, 0.3) is 0 Å². The number of benzene rings is 1. The molecule has 0 saturated heterocycles. The Morgan fingerprint density at radius 2 is 1.68 bits per heavy atom. The van der Waals surface area contributed by atoms with Gasteiger partial charge in [0.2, 0.25) is 11.8 Å². The maximum atomic E-state index is 12.0. The lowest BCUT2D eigenvalue weighted by Gasteiger charge is -2.29. The molecule has 25 heavy (non-hydrogen) atoms. The van der Waals surface area contributed by atoms with Crippen LogP contribution >= 0.6 is 12.4 Å². The summed E-state index contributed by atoms with van der Waals surface area (Å²) in [5, 5.41) is 5.52. The Morgan fingerprint density at radius 1 is 1.12 bits per heavy atom. The lowest BCUT2D eigenvalue weighted by Crippen LogP contribution is -2.48. The first-order chi connectivity index (χ1) is 11.1. The third-order valence-electron chi connectivity index (χ3n) is 4.22. The van der Waals surface area contributed by atoms with Crippen molar-refractivity contribution in [2.24, 2.45) is 11.7 Å². The molecule has 1 rings (SSSR count). The van der Waals surface area contributed by atoms with E-state index in [1.807, 2.05) is 39.0 Å². The fourth-order valence-corrected chi connectivity index (χ4v) is 2.74. The van der Waals surface area contributed by atoms with Crippen molar-refractivity contribution in [1.82, 2.24) is 10.6 Å². The second-order valence-electron chi connectivity index (χ2n) is 7.41. The number of halogens is 1. The van der Waals surface area contributed by atoms with Crippen molar-refractivity contribution in [3.05, 3.63) is 35.9 Å². The minimum absolute atomic E-state index is 0. The van der Waals surface area contributed by atoms with E-state index in [4.69, 9.17) is 5.73 Å². The number of amides is 2. The van der Waals surface area contributed by atoms with E-state index in [9.17, 15) is 9.59 Å². The van der Waals surface area contributed by atoms with E-state index >= 15 is 0 Å². The van der Waals surface area contributed by atoms with Crippen molar-refractivity contribution in [3.63, 3.8) is 0 Å². The van der Waals surface area contributed by atoms with Crippen LogP contribution < -0.4 is 16.4 Å². The van der Waals surface area contributed by atoms with Crippen LogP contribution in [0.15, 0.2) is 30.3 Å². The molecule has 1 unspecified atom stereocenters. The molecule has 4 N–H and O–H groups in total. The molecule has 6 heteroatoms. The highest BCUT2D eigenvalue weighted by Crippen LogP contribution is 2.27. The molecule has 1 aromatic carbocycles. The number of hydrogen-bond donors (Lipinski definition) is 3. The molecule has 0 spiro atoms. The molecule has 1 aromatic rings. The van der Waals surface area contributed by atoms with Crippen molar-refractivity contribution in [2.45, 2.75) is 58.5 Å². The van der Waals surface area contributed by atoms with E-state index in [1.165, 1.54) is 5.56 Å². The maximum absolute atomic E-state index is 12.0. The zero-order chi connectivity index (χ0) is 18.3. The molecule has 0 heterocycles. The Labute approximate surface area is 157 Å². The predicted octanol–water partition coefficient (Wildman–Crippen LogP) is 2.38. The molecule has 0 bridgehead atoms. The molecule has 0 aliphatic rings. The highest BCUT2D eigenvalue weighted by Gasteiger charge is 2.24. The molecule has 0 radical (unpaired) electrons. The minimum atomic E-state index is -0.591. The van der Waals surface area contributed by atoms with Gasteiger partial charge in [-0.3, -0.25) is 9.59 Å². The number of nitrogens with two attached hydrogens (primary N) is 1. The molecule has 0 aromatic heterocycles. The summed E-state index contributed by atoms with van der Waals surface area (Å²) < 4.78 is 0. The summed E-state index contributed by atoms with van der Waals surface area (Å²) in [6.07, 6.45) is 0.808. The summed E-state index contributed by atoms with van der Waals surface area (Å²) in [6.45, 7) is 10.00. The van der Waals surface area contributed by atoms with Crippen LogP contribution in [0.3, 0.4) is 0 Å². The first-order valence-electron chi connectivity index (χ1n) is 8.51. The van der Waals surface area contributed by atoms with Gasteiger partial charge in [-0.15, -0.1) is 12.4 Å². The highest BCUT2D eigenvalue weighted by atomic mass is 35.5. The van der Waals surface area contributed by atoms with Crippen LogP contribution in [0.2, 0.25) is 0 Å². The monoisotopic (exact) mass is 369 g/mol. The Kier molecular flexibility index (Phi) is 9.75. The third kappa shape index (κ3) is 7.88. The van der Waals surface area contributed by atoms with E-state index in [-0.39, 0.29) is 48.1 Å². The average Bonchev–Trinajstić information content (AvgIpc) is 2.51. The van der Waals surface area contributed by atoms with Gasteiger partial charge >= 0.3 is 0 Å². The smallest absolute Gasteiger partial charge is 0.239 e. The molecule has 2 amide bonds. The number of rotatable bonds is 8. The van der Waals surface area contributed by atoms with Crippen LogP contribution in [0.4, 0.5) is 0 Å². The second kappa shape index (κ2) is 10.4. The van der Waals surface area contributed by atoms with Crippen molar-refractivity contribution in [1.29, 1.82) is 0 Å². The molecular weight excluding hydrogens is 338 g/mol. The number of nitrogens with one attached hydrogen (secondary N) is 2. The molecule has 0 saturated carbocycles. The predicted molar refractivity (Wildman–Crippen MR) is 105 cm³/mol. The van der Waals surface area contributed by atoms with Crippen LogP contribution in [0, 0.1) is 5.92 Å². The van der Waals surface area contributed by atoms with Gasteiger partial charge in [0.15, 0.2) is 0 Å². The average molecular weight is 370 g/mol. The molecule has 0 aliphatic heterocycles. The SMILES string of the molecule is CC(CC(C)(C)c1ccccc1)NC(=O)CNC(=O)[C@@H](N)C(C)C.Cl. The van der Waals surface area contributed by atoms with Crippen LogP contribution in [-0.4, -0.2) is 30.4 Å². The van der Waals surface area contributed by atoms with E-state index in [0.717, 1.165) is 6.42 Å². The van der Waals surface area contributed by atoms with E-state index < -0.39 is 6.04 Å². The normalized spacial score (nSPS) is 13.6. The quantitative estimate of drug-likeness (QED) is 0.657. The lowest BCUT2D eigenvalue weighted by atomic mass is 9.79. The van der Waals surface area contributed by atoms with Crippen LogP contribution in [0.5, 0.6) is 0 Å². The summed E-state index contributed by atoms with van der Waals surface area (Å²) >= 11 is 0. The Balaban J connectivity index is 0.00000576. The second-order valence-corrected chi connectivity index (χ2v) is 7.41. The third-order valence-corrected chi connectivity index (χ3v) is 4.22. The van der Waals surface area contributed by atoms with E-state index in [1.54, 1.807) is 0 Å². The fourth-order valence-electron chi connectivity index (χ4n) is 2.74. The number of hydrogen-bond acceptors (Lipinski definition) is 3. The Hall–Kier alpha value is -1.59. The summed E-state index contributed by atoms with van der Waals surface area (Å²) in [5.41, 5.74) is 6.95. The number of carbonyl (C=O) groups is 2. The van der Waals surface area contributed by atoms with Crippen LogP contribution in [-0.2, 0) is 15.0 Å². The van der Waals surface area contributed by atoms with Gasteiger partial charge in [-0.2, -0.15) is 0 Å². The Morgan fingerprint density at radius 3 is 2.20 bits per heavy atom. The molecule has 2 atom stereocenters. The fraction of sp³-hybridized carbons (Fsp3) is 0.579. The summed E-state index contributed by atoms with van der Waals surface area (Å²) in [4.78, 5) is 23.8. The van der Waals surface area contributed by atoms with Gasteiger partial charge in [0.25, 0.3) is 0 Å². The van der Waals surface area contributed by atoms with Gasteiger partial charge in [-0.25, -0.2) is 0 Å². The maximum Gasteiger partial charge on any atom is 0.239 e. The van der Waals surface area contributed by atoms with E-state index in [0.29, 0.717) is 0 Å². The highest BCUT2D eigenvalue weighted by molar-refractivity contribution is 5.87. The first-order valence-corrected chi connectivity index (χ1v) is 8.51. The van der Waals surface area contributed by atoms with Crippen molar-refractivity contribution in [3.8, 4) is 0 Å². The molecule has 5 nitrogen and oxygen atoms in total. The van der Waals surface area contributed by atoms with Gasteiger partial charge in [-0.05, 0) is 30.2 Å². The zero-order valence-corrected chi connectivity index (χ0v) is 16.7. The first kappa shape index (κ1) is 23.4. The van der Waals surface area contributed by atoms with Gasteiger partial charge in [0, 0.05) is 6.04 Å².